The van der Waals surface area contributed by atoms with Crippen molar-refractivity contribution in [3.63, 3.8) is 0 Å². The Morgan fingerprint density at radius 1 is 0.919 bits per heavy atom. The molecule has 0 radical (unpaired) electrons. The van der Waals surface area contributed by atoms with Gasteiger partial charge in [0.15, 0.2) is 11.5 Å². The van der Waals surface area contributed by atoms with Crippen LogP contribution in [0.2, 0.25) is 0 Å². The predicted octanol–water partition coefficient (Wildman–Crippen LogP) is 4.68. The van der Waals surface area contributed by atoms with Gasteiger partial charge in [0.05, 0.1) is 18.6 Å². The van der Waals surface area contributed by atoms with Gasteiger partial charge in [0.1, 0.15) is 0 Å². The average molecular weight is 518 g/mol. The van der Waals surface area contributed by atoms with Gasteiger partial charge < -0.3 is 19.5 Å². The third-order valence-corrected chi connectivity index (χ3v) is 8.10. The highest BCUT2D eigenvalue weighted by Crippen LogP contribution is 2.51. The second kappa shape index (κ2) is 10.8. The molecule has 1 aliphatic carbocycles. The third kappa shape index (κ3) is 5.48. The molecule has 0 bridgehead atoms. The van der Waals surface area contributed by atoms with Crippen molar-refractivity contribution in [1.29, 1.82) is 0 Å². The second-order valence-electron chi connectivity index (χ2n) is 9.66. The van der Waals surface area contributed by atoms with Gasteiger partial charge in [-0.05, 0) is 77.9 Å². The van der Waals surface area contributed by atoms with Crippen LogP contribution in [0.4, 0.5) is 5.69 Å². The molecule has 2 N–H and O–H groups in total. The van der Waals surface area contributed by atoms with Gasteiger partial charge in [-0.25, -0.2) is 0 Å². The van der Waals surface area contributed by atoms with E-state index in [4.69, 9.17) is 14.2 Å². The molecule has 7 nitrogen and oxygen atoms in total. The average Bonchev–Trinajstić information content (AvgIpc) is 3.63. The molecule has 37 heavy (non-hydrogen) atoms. The quantitative estimate of drug-likeness (QED) is 0.315. The summed E-state index contributed by atoms with van der Waals surface area (Å²) in [6.45, 7) is 5.89. The lowest BCUT2D eigenvalue weighted by Gasteiger charge is -2.26. The zero-order chi connectivity index (χ0) is 25.1. The van der Waals surface area contributed by atoms with E-state index in [1.165, 1.54) is 4.90 Å². The van der Waals surface area contributed by atoms with Gasteiger partial charge in [0.25, 0.3) is 0 Å². The van der Waals surface area contributed by atoms with E-state index in [2.05, 4.69) is 45.3 Å². The fraction of sp³-hybridized carbons (Fsp3) is 0.345. The van der Waals surface area contributed by atoms with E-state index in [-0.39, 0.29) is 12.7 Å². The van der Waals surface area contributed by atoms with E-state index >= 15 is 0 Å². The largest absolute Gasteiger partial charge is 0.454 e. The minimum Gasteiger partial charge on any atom is -0.454 e. The Kier molecular flexibility index (Phi) is 7.06. The zero-order valence-corrected chi connectivity index (χ0v) is 21.5. The van der Waals surface area contributed by atoms with Crippen LogP contribution >= 0.6 is 11.9 Å². The van der Waals surface area contributed by atoms with Crippen LogP contribution in [0.15, 0.2) is 71.6 Å². The smallest absolute Gasteiger partial charge is 0.235 e. The van der Waals surface area contributed by atoms with Gasteiger partial charge in [0.2, 0.25) is 12.7 Å². The van der Waals surface area contributed by atoms with Crippen LogP contribution in [0.25, 0.3) is 11.1 Å². The summed E-state index contributed by atoms with van der Waals surface area (Å²) in [7, 11) is 0. The predicted molar refractivity (Wildman–Crippen MR) is 145 cm³/mol. The minimum atomic E-state index is -0.495. The molecule has 1 saturated carbocycles. The molecule has 0 spiro atoms. The van der Waals surface area contributed by atoms with Crippen LogP contribution in [0.3, 0.4) is 0 Å². The maximum atomic E-state index is 13.3. The highest BCUT2D eigenvalue weighted by molar-refractivity contribution is 7.97. The first-order valence-corrected chi connectivity index (χ1v) is 13.6. The maximum absolute atomic E-state index is 13.3. The molecule has 3 aliphatic rings. The van der Waals surface area contributed by atoms with E-state index in [0.29, 0.717) is 5.75 Å². The summed E-state index contributed by atoms with van der Waals surface area (Å²) in [4.78, 5) is 16.9. The molecule has 6 rings (SSSR count). The summed E-state index contributed by atoms with van der Waals surface area (Å²) in [6.07, 6.45) is 1.66. The zero-order valence-electron chi connectivity index (χ0n) is 20.7. The Morgan fingerprint density at radius 2 is 1.73 bits per heavy atom. The Balaban J connectivity index is 1.05. The van der Waals surface area contributed by atoms with Crippen LogP contribution in [-0.4, -0.2) is 57.0 Å². The lowest BCUT2D eigenvalue weighted by molar-refractivity contribution is -0.118. The first kappa shape index (κ1) is 24.3. The summed E-state index contributed by atoms with van der Waals surface area (Å²) in [5, 5.41) is 3.16. The number of ether oxygens (including phenoxy) is 3. The molecule has 0 aromatic heterocycles. The van der Waals surface area contributed by atoms with Crippen molar-refractivity contribution >= 4 is 23.5 Å². The molecular weight excluding hydrogens is 486 g/mol. The van der Waals surface area contributed by atoms with Crippen LogP contribution < -0.4 is 19.5 Å². The van der Waals surface area contributed by atoms with E-state index in [1.54, 1.807) is 11.9 Å². The number of rotatable bonds is 9. The van der Waals surface area contributed by atoms with Crippen molar-refractivity contribution in [2.45, 2.75) is 23.2 Å². The topological polar surface area (TPSA) is 72.1 Å². The van der Waals surface area contributed by atoms with E-state index in [1.807, 2.05) is 36.4 Å². The van der Waals surface area contributed by atoms with E-state index in [9.17, 15) is 4.79 Å². The number of hydrogen-bond donors (Lipinski definition) is 2. The second-order valence-corrected chi connectivity index (χ2v) is 10.6. The third-order valence-electron chi connectivity index (χ3n) is 7.24. The number of morpholine rings is 1. The molecule has 1 saturated heterocycles. The number of hydrogen-bond acceptors (Lipinski definition) is 7. The number of amides is 1. The van der Waals surface area contributed by atoms with Gasteiger partial charge in [-0.1, -0.05) is 30.3 Å². The number of benzene rings is 3. The number of nitrogens with one attached hydrogen (secondary N) is 2. The van der Waals surface area contributed by atoms with Crippen molar-refractivity contribution in [2.75, 3.05) is 51.5 Å². The SMILES string of the molecule is O=C(Nc1cccc(-c2ccc(SNCCN3CCOCC3)cc2)c1)C1(c2ccc3c(c2)OCO3)CC1. The molecule has 3 aromatic rings. The fourth-order valence-corrected chi connectivity index (χ4v) is 5.50. The Morgan fingerprint density at radius 3 is 2.54 bits per heavy atom. The van der Waals surface area contributed by atoms with E-state index in [0.717, 1.165) is 80.4 Å². The van der Waals surface area contributed by atoms with Gasteiger partial charge >= 0.3 is 0 Å². The Bertz CT molecular complexity index is 1260. The first-order chi connectivity index (χ1) is 18.2. The van der Waals surface area contributed by atoms with Crippen molar-refractivity contribution in [3.05, 3.63) is 72.3 Å². The minimum absolute atomic E-state index is 0.0263. The number of carbonyl (C=O) groups is 1. The van der Waals surface area contributed by atoms with Gasteiger partial charge in [-0.3, -0.25) is 14.4 Å². The summed E-state index contributed by atoms with van der Waals surface area (Å²) in [6, 6.07) is 22.4. The molecule has 1 amide bonds. The molecule has 2 aliphatic heterocycles. The monoisotopic (exact) mass is 517 g/mol. The molecule has 3 aromatic carbocycles. The number of carbonyl (C=O) groups excluding carboxylic acids is 1. The standard InChI is InChI=1S/C29H31N3O4S/c33-28(29(10-11-29)23-6-9-26-27(19-23)36-20-35-26)31-24-3-1-2-22(18-24)21-4-7-25(8-5-21)37-30-12-13-32-14-16-34-17-15-32/h1-9,18-19,30H,10-17,20H2,(H,31,33). The number of anilines is 1. The molecule has 2 fully saturated rings. The first-order valence-electron chi connectivity index (χ1n) is 12.8. The van der Waals surface area contributed by atoms with E-state index < -0.39 is 5.41 Å². The molecule has 2 heterocycles. The van der Waals surface area contributed by atoms with Crippen LogP contribution in [0, 0.1) is 0 Å². The highest BCUT2D eigenvalue weighted by atomic mass is 32.2. The normalized spacial score (nSPS) is 17.9. The Hall–Kier alpha value is -3.04. The summed E-state index contributed by atoms with van der Waals surface area (Å²) >= 11 is 1.66. The van der Waals surface area contributed by atoms with Gasteiger partial charge in [0, 0.05) is 36.8 Å². The van der Waals surface area contributed by atoms with Crippen LogP contribution in [0.1, 0.15) is 18.4 Å². The van der Waals surface area contributed by atoms with Crippen LogP contribution in [-0.2, 0) is 14.9 Å². The lowest BCUT2D eigenvalue weighted by atomic mass is 9.94. The van der Waals surface area contributed by atoms with Crippen molar-refractivity contribution in [1.82, 2.24) is 9.62 Å². The van der Waals surface area contributed by atoms with Crippen molar-refractivity contribution in [3.8, 4) is 22.6 Å². The Labute approximate surface area is 221 Å². The summed E-state index contributed by atoms with van der Waals surface area (Å²) in [5.74, 6) is 1.48. The van der Waals surface area contributed by atoms with Crippen LogP contribution in [0.5, 0.6) is 11.5 Å². The number of fused-ring (bicyclic) bond motifs is 1. The molecule has 0 atom stereocenters. The van der Waals surface area contributed by atoms with Gasteiger partial charge in [-0.2, -0.15) is 0 Å². The molecule has 8 heteroatoms. The molecule has 0 unspecified atom stereocenters. The lowest BCUT2D eigenvalue weighted by Crippen LogP contribution is -2.39. The fourth-order valence-electron chi connectivity index (χ4n) is 4.87. The molecule has 192 valence electrons. The van der Waals surface area contributed by atoms with Gasteiger partial charge in [-0.15, -0.1) is 0 Å². The van der Waals surface area contributed by atoms with Crippen molar-refractivity contribution < 1.29 is 19.0 Å². The summed E-state index contributed by atoms with van der Waals surface area (Å²) < 4.78 is 19.8. The molecular formula is C29H31N3O4S. The van der Waals surface area contributed by atoms with Crippen molar-refractivity contribution in [2.24, 2.45) is 0 Å². The summed E-state index contributed by atoms with van der Waals surface area (Å²) in [5.41, 5.74) is 3.48. The maximum Gasteiger partial charge on any atom is 0.235 e. The number of nitrogens with zero attached hydrogens (tertiary/aromatic N) is 1. The highest BCUT2D eigenvalue weighted by Gasteiger charge is 2.51.